The molecule has 0 aromatic heterocycles. The van der Waals surface area contributed by atoms with E-state index in [1.54, 1.807) is 0 Å². The number of thioether (sulfide) groups is 1. The molecule has 12 heavy (non-hydrogen) atoms. The SMILES string of the molecule is CCC1=NCC(NS(=O)(=O)O)S1. The maximum Gasteiger partial charge on any atom is 0.334 e. The fourth-order valence-corrected chi connectivity index (χ4v) is 2.60. The van der Waals surface area contributed by atoms with Gasteiger partial charge in [0.15, 0.2) is 0 Å². The Hall–Kier alpha value is -0.110. The normalized spacial score (nSPS) is 24.2. The average molecular weight is 210 g/mol. The summed E-state index contributed by atoms with van der Waals surface area (Å²) in [4.78, 5) is 4.06. The van der Waals surface area contributed by atoms with Crippen LogP contribution in [0.5, 0.6) is 0 Å². The van der Waals surface area contributed by atoms with Crippen molar-refractivity contribution in [1.82, 2.24) is 4.72 Å². The molecule has 1 unspecified atom stereocenters. The molecule has 1 aliphatic rings. The molecular weight excluding hydrogens is 200 g/mol. The van der Waals surface area contributed by atoms with Crippen molar-refractivity contribution in [2.24, 2.45) is 4.99 Å². The summed E-state index contributed by atoms with van der Waals surface area (Å²) < 4.78 is 31.2. The van der Waals surface area contributed by atoms with Crippen LogP contribution in [-0.2, 0) is 10.3 Å². The molecule has 0 saturated carbocycles. The summed E-state index contributed by atoms with van der Waals surface area (Å²) in [7, 11) is -4.08. The molecule has 0 radical (unpaired) electrons. The van der Waals surface area contributed by atoms with Gasteiger partial charge in [-0.2, -0.15) is 13.1 Å². The lowest BCUT2D eigenvalue weighted by atomic mass is 10.5. The van der Waals surface area contributed by atoms with E-state index in [1.165, 1.54) is 11.8 Å². The fraction of sp³-hybridized carbons (Fsp3) is 0.800. The Morgan fingerprint density at radius 3 is 2.92 bits per heavy atom. The molecule has 1 aliphatic heterocycles. The molecule has 5 nitrogen and oxygen atoms in total. The van der Waals surface area contributed by atoms with Gasteiger partial charge in [0.1, 0.15) is 0 Å². The minimum atomic E-state index is -4.08. The highest BCUT2D eigenvalue weighted by Crippen LogP contribution is 2.20. The summed E-state index contributed by atoms with van der Waals surface area (Å²) in [5, 5.41) is 0.575. The standard InChI is InChI=1S/C5H10N2O3S2/c1-2-4-6-3-5(11-4)7-12(8,9)10/h5,7H,2-3H2,1H3,(H,8,9,10). The van der Waals surface area contributed by atoms with Crippen molar-refractivity contribution < 1.29 is 13.0 Å². The van der Waals surface area contributed by atoms with Gasteiger partial charge in [0.05, 0.1) is 17.0 Å². The number of rotatable bonds is 3. The predicted octanol–water partition coefficient (Wildman–Crippen LogP) is 0.260. The molecule has 2 N–H and O–H groups in total. The lowest BCUT2D eigenvalue weighted by molar-refractivity contribution is 0.466. The molecule has 0 aliphatic carbocycles. The van der Waals surface area contributed by atoms with Gasteiger partial charge in [0, 0.05) is 0 Å². The first kappa shape index (κ1) is 9.97. The Balaban J connectivity index is 2.43. The molecule has 0 spiro atoms. The lowest BCUT2D eigenvalue weighted by Crippen LogP contribution is -2.32. The van der Waals surface area contributed by atoms with Crippen LogP contribution in [0.4, 0.5) is 0 Å². The number of hydrogen-bond donors (Lipinski definition) is 2. The van der Waals surface area contributed by atoms with Crippen LogP contribution in [0.3, 0.4) is 0 Å². The first-order valence-corrected chi connectivity index (χ1v) is 5.78. The summed E-state index contributed by atoms with van der Waals surface area (Å²) in [6.07, 6.45) is 0.800. The highest BCUT2D eigenvalue weighted by molar-refractivity contribution is 8.15. The molecule has 0 aromatic carbocycles. The van der Waals surface area contributed by atoms with Crippen molar-refractivity contribution in [3.8, 4) is 0 Å². The quantitative estimate of drug-likeness (QED) is 0.655. The maximum atomic E-state index is 10.4. The van der Waals surface area contributed by atoms with Gasteiger partial charge in [-0.05, 0) is 6.42 Å². The predicted molar refractivity (Wildman–Crippen MR) is 48.7 cm³/mol. The maximum absolute atomic E-state index is 10.4. The summed E-state index contributed by atoms with van der Waals surface area (Å²) in [5.74, 6) is 0. The summed E-state index contributed by atoms with van der Waals surface area (Å²) in [6.45, 7) is 2.34. The zero-order chi connectivity index (χ0) is 9.19. The van der Waals surface area contributed by atoms with Crippen LogP contribution in [0.2, 0.25) is 0 Å². The number of nitrogens with one attached hydrogen (secondary N) is 1. The van der Waals surface area contributed by atoms with Gasteiger partial charge >= 0.3 is 10.3 Å². The van der Waals surface area contributed by atoms with Crippen molar-refractivity contribution in [2.75, 3.05) is 6.54 Å². The van der Waals surface area contributed by atoms with Crippen molar-refractivity contribution in [1.29, 1.82) is 0 Å². The number of aliphatic imine (C=N–C) groups is 1. The highest BCUT2D eigenvalue weighted by atomic mass is 32.2. The van der Waals surface area contributed by atoms with Gasteiger partial charge in [-0.25, -0.2) is 0 Å². The van der Waals surface area contributed by atoms with Crippen LogP contribution in [0.15, 0.2) is 4.99 Å². The molecule has 0 bridgehead atoms. The third kappa shape index (κ3) is 3.10. The van der Waals surface area contributed by atoms with E-state index in [2.05, 4.69) is 9.71 Å². The average Bonchev–Trinajstić information content (AvgIpc) is 2.32. The van der Waals surface area contributed by atoms with Gasteiger partial charge in [0.25, 0.3) is 0 Å². The second kappa shape index (κ2) is 3.73. The zero-order valence-corrected chi connectivity index (χ0v) is 8.15. The van der Waals surface area contributed by atoms with Crippen LogP contribution in [0.1, 0.15) is 13.3 Å². The van der Waals surface area contributed by atoms with Crippen LogP contribution in [0, 0.1) is 0 Å². The number of hydrogen-bond acceptors (Lipinski definition) is 4. The van der Waals surface area contributed by atoms with E-state index < -0.39 is 10.3 Å². The van der Waals surface area contributed by atoms with E-state index in [4.69, 9.17) is 4.55 Å². The molecule has 1 atom stereocenters. The van der Waals surface area contributed by atoms with E-state index in [0.717, 1.165) is 11.5 Å². The highest BCUT2D eigenvalue weighted by Gasteiger charge is 2.21. The fourth-order valence-electron chi connectivity index (χ4n) is 0.846. The van der Waals surface area contributed by atoms with Crippen LogP contribution in [0.25, 0.3) is 0 Å². The summed E-state index contributed by atoms with van der Waals surface area (Å²) in [6, 6.07) is 0. The lowest BCUT2D eigenvalue weighted by Gasteiger charge is -2.06. The van der Waals surface area contributed by atoms with E-state index in [1.807, 2.05) is 6.92 Å². The van der Waals surface area contributed by atoms with Crippen LogP contribution < -0.4 is 4.72 Å². The molecule has 7 heteroatoms. The Bertz CT molecular complexity index is 285. The summed E-state index contributed by atoms with van der Waals surface area (Å²) in [5.41, 5.74) is 0. The zero-order valence-electron chi connectivity index (χ0n) is 6.52. The third-order valence-corrected chi connectivity index (χ3v) is 3.27. The van der Waals surface area contributed by atoms with Crippen molar-refractivity contribution in [3.63, 3.8) is 0 Å². The van der Waals surface area contributed by atoms with Crippen molar-refractivity contribution in [2.45, 2.75) is 18.7 Å². The molecule has 70 valence electrons. The Morgan fingerprint density at radius 2 is 2.50 bits per heavy atom. The first-order chi connectivity index (χ1) is 5.51. The van der Waals surface area contributed by atoms with E-state index >= 15 is 0 Å². The van der Waals surface area contributed by atoms with Crippen LogP contribution >= 0.6 is 11.8 Å². The van der Waals surface area contributed by atoms with E-state index in [9.17, 15) is 8.42 Å². The summed E-state index contributed by atoms with van der Waals surface area (Å²) >= 11 is 1.34. The second-order valence-electron chi connectivity index (χ2n) is 2.29. The van der Waals surface area contributed by atoms with Gasteiger partial charge < -0.3 is 0 Å². The molecule has 1 rings (SSSR count). The molecule has 0 saturated heterocycles. The van der Waals surface area contributed by atoms with Gasteiger partial charge in [-0.15, -0.1) is 0 Å². The number of nitrogens with zero attached hydrogens (tertiary/aromatic N) is 1. The monoisotopic (exact) mass is 210 g/mol. The molecule has 0 aromatic rings. The minimum absolute atomic E-state index is 0.338. The Labute approximate surface area is 75.5 Å². The topological polar surface area (TPSA) is 78.8 Å². The van der Waals surface area contributed by atoms with E-state index in [-0.39, 0.29) is 5.37 Å². The van der Waals surface area contributed by atoms with Gasteiger partial charge in [-0.3, -0.25) is 9.55 Å². The van der Waals surface area contributed by atoms with Gasteiger partial charge in [0.2, 0.25) is 0 Å². The molecule has 0 fully saturated rings. The van der Waals surface area contributed by atoms with Gasteiger partial charge in [-0.1, -0.05) is 18.7 Å². The largest absolute Gasteiger partial charge is 0.334 e. The third-order valence-electron chi connectivity index (χ3n) is 1.29. The van der Waals surface area contributed by atoms with Crippen molar-refractivity contribution in [3.05, 3.63) is 0 Å². The van der Waals surface area contributed by atoms with Crippen molar-refractivity contribution >= 4 is 27.1 Å². The van der Waals surface area contributed by atoms with E-state index in [0.29, 0.717) is 6.54 Å². The Kier molecular flexibility index (Phi) is 3.10. The van der Waals surface area contributed by atoms with Crippen LogP contribution in [-0.4, -0.2) is 29.9 Å². The molecule has 0 amide bonds. The Morgan fingerprint density at radius 1 is 1.83 bits per heavy atom. The molecule has 1 heterocycles. The molecular formula is C5H10N2O3S2. The second-order valence-corrected chi connectivity index (χ2v) is 4.75. The minimum Gasteiger partial charge on any atom is -0.280 e. The smallest absolute Gasteiger partial charge is 0.280 e. The first-order valence-electron chi connectivity index (χ1n) is 3.46.